The largest absolute Gasteiger partial charge is 0.497 e. The van der Waals surface area contributed by atoms with Gasteiger partial charge in [-0.3, -0.25) is 9.36 Å². The third-order valence-electron chi connectivity index (χ3n) is 4.16. The van der Waals surface area contributed by atoms with Crippen LogP contribution in [0, 0.1) is 20.8 Å². The molecule has 3 aromatic rings. The van der Waals surface area contributed by atoms with Crippen molar-refractivity contribution in [2.24, 2.45) is 0 Å². The summed E-state index contributed by atoms with van der Waals surface area (Å²) in [6.07, 6.45) is 6.35. The van der Waals surface area contributed by atoms with Crippen molar-refractivity contribution < 1.29 is 9.53 Å². The van der Waals surface area contributed by atoms with Gasteiger partial charge in [0.25, 0.3) is 0 Å². The first-order valence-corrected chi connectivity index (χ1v) is 8.46. The third-order valence-corrected chi connectivity index (χ3v) is 4.16. The second-order valence-corrected chi connectivity index (χ2v) is 6.03. The molecule has 0 radical (unpaired) electrons. The molecular formula is C20H21N5O2. The number of carbonyl (C=O) groups is 1. The summed E-state index contributed by atoms with van der Waals surface area (Å²) in [6.45, 7) is 5.82. The lowest BCUT2D eigenvalue weighted by molar-refractivity contribution is -0.111. The number of aromatic nitrogens is 4. The predicted octanol–water partition coefficient (Wildman–Crippen LogP) is 3.25. The second kappa shape index (κ2) is 7.82. The quantitative estimate of drug-likeness (QED) is 0.704. The standard InChI is InChI=1S/C20H21N5O2/c1-13-14(2)25(15(3)23-13)20-21-11-17(12-22-20)24-19(26)10-7-16-5-8-18(27-4)9-6-16/h5-12H,1-4H3,(H,24,26)/b10-7+. The molecule has 0 unspecified atom stereocenters. The van der Waals surface area contributed by atoms with E-state index in [0.717, 1.165) is 28.5 Å². The van der Waals surface area contributed by atoms with Crippen molar-refractivity contribution in [2.75, 3.05) is 12.4 Å². The molecule has 0 spiro atoms. The first-order chi connectivity index (χ1) is 13.0. The van der Waals surface area contributed by atoms with Gasteiger partial charge in [-0.15, -0.1) is 0 Å². The van der Waals surface area contributed by atoms with E-state index >= 15 is 0 Å². The van der Waals surface area contributed by atoms with Crippen LogP contribution in [0.3, 0.4) is 0 Å². The lowest BCUT2D eigenvalue weighted by Crippen LogP contribution is -2.10. The third kappa shape index (κ3) is 4.20. The Bertz CT molecular complexity index is 973. The molecule has 1 N–H and O–H groups in total. The summed E-state index contributed by atoms with van der Waals surface area (Å²) < 4.78 is 6.99. The van der Waals surface area contributed by atoms with Gasteiger partial charge in [-0.1, -0.05) is 12.1 Å². The van der Waals surface area contributed by atoms with Gasteiger partial charge in [-0.05, 0) is 44.5 Å². The molecule has 0 bridgehead atoms. The fraction of sp³-hybridized carbons (Fsp3) is 0.200. The SMILES string of the molecule is COc1ccc(/C=C/C(=O)Nc2cnc(-n3c(C)nc(C)c3C)nc2)cc1. The number of methoxy groups -OCH3 is 1. The average molecular weight is 363 g/mol. The van der Waals surface area contributed by atoms with Gasteiger partial charge >= 0.3 is 0 Å². The molecule has 0 fully saturated rings. The van der Waals surface area contributed by atoms with Crippen LogP contribution in [0.15, 0.2) is 42.7 Å². The highest BCUT2D eigenvalue weighted by Crippen LogP contribution is 2.15. The second-order valence-electron chi connectivity index (χ2n) is 6.03. The van der Waals surface area contributed by atoms with Crippen LogP contribution in [-0.2, 0) is 4.79 Å². The minimum absolute atomic E-state index is 0.256. The van der Waals surface area contributed by atoms with Gasteiger partial charge in [0.05, 0.1) is 30.9 Å². The first-order valence-electron chi connectivity index (χ1n) is 8.46. The zero-order chi connectivity index (χ0) is 19.4. The van der Waals surface area contributed by atoms with E-state index in [-0.39, 0.29) is 5.91 Å². The molecule has 0 aliphatic heterocycles. The number of aryl methyl sites for hydroxylation is 2. The molecule has 3 rings (SSSR count). The molecule has 0 aliphatic carbocycles. The minimum Gasteiger partial charge on any atom is -0.497 e. The summed E-state index contributed by atoms with van der Waals surface area (Å²) in [4.78, 5) is 25.2. The molecule has 0 saturated carbocycles. The molecular weight excluding hydrogens is 342 g/mol. The summed E-state index contributed by atoms with van der Waals surface area (Å²) in [7, 11) is 1.61. The van der Waals surface area contributed by atoms with Crippen molar-refractivity contribution in [2.45, 2.75) is 20.8 Å². The number of amides is 1. The fourth-order valence-corrected chi connectivity index (χ4v) is 2.64. The molecule has 7 nitrogen and oxygen atoms in total. The van der Waals surface area contributed by atoms with Crippen LogP contribution in [0.1, 0.15) is 22.8 Å². The summed E-state index contributed by atoms with van der Waals surface area (Å²) >= 11 is 0. The summed E-state index contributed by atoms with van der Waals surface area (Å²) in [5.41, 5.74) is 3.36. The Balaban J connectivity index is 1.67. The average Bonchev–Trinajstić information content (AvgIpc) is 2.93. The summed E-state index contributed by atoms with van der Waals surface area (Å²) in [6, 6.07) is 7.43. The number of ether oxygens (including phenoxy) is 1. The zero-order valence-electron chi connectivity index (χ0n) is 15.7. The monoisotopic (exact) mass is 363 g/mol. The highest BCUT2D eigenvalue weighted by Gasteiger charge is 2.11. The Labute approximate surface area is 157 Å². The molecule has 2 aromatic heterocycles. The predicted molar refractivity (Wildman–Crippen MR) is 104 cm³/mol. The topological polar surface area (TPSA) is 81.9 Å². The van der Waals surface area contributed by atoms with Gasteiger partial charge in [0, 0.05) is 11.8 Å². The van der Waals surface area contributed by atoms with Gasteiger partial charge in [0.1, 0.15) is 11.6 Å². The van der Waals surface area contributed by atoms with E-state index in [1.165, 1.54) is 6.08 Å². The highest BCUT2D eigenvalue weighted by atomic mass is 16.5. The number of nitrogens with one attached hydrogen (secondary N) is 1. The first kappa shape index (κ1) is 18.3. The Morgan fingerprint density at radius 1 is 1.11 bits per heavy atom. The maximum Gasteiger partial charge on any atom is 0.248 e. The van der Waals surface area contributed by atoms with Crippen molar-refractivity contribution in [1.29, 1.82) is 0 Å². The summed E-state index contributed by atoms with van der Waals surface area (Å²) in [5, 5.41) is 2.75. The molecule has 7 heteroatoms. The van der Waals surface area contributed by atoms with Crippen molar-refractivity contribution in [3.8, 4) is 11.7 Å². The lowest BCUT2D eigenvalue weighted by atomic mass is 10.2. The van der Waals surface area contributed by atoms with E-state index in [9.17, 15) is 4.79 Å². The van der Waals surface area contributed by atoms with Gasteiger partial charge < -0.3 is 10.1 Å². The van der Waals surface area contributed by atoms with Gasteiger partial charge in [0.2, 0.25) is 11.9 Å². The molecule has 27 heavy (non-hydrogen) atoms. The van der Waals surface area contributed by atoms with Crippen molar-refractivity contribution in [1.82, 2.24) is 19.5 Å². The van der Waals surface area contributed by atoms with Gasteiger partial charge in [0.15, 0.2) is 0 Å². The van der Waals surface area contributed by atoms with Crippen LogP contribution in [0.5, 0.6) is 5.75 Å². The van der Waals surface area contributed by atoms with E-state index in [2.05, 4.69) is 20.3 Å². The van der Waals surface area contributed by atoms with Crippen LogP contribution in [0.4, 0.5) is 5.69 Å². The Kier molecular flexibility index (Phi) is 5.30. The zero-order valence-corrected chi connectivity index (χ0v) is 15.7. The van der Waals surface area contributed by atoms with Crippen molar-refractivity contribution >= 4 is 17.7 Å². The van der Waals surface area contributed by atoms with Crippen molar-refractivity contribution in [3.63, 3.8) is 0 Å². The number of imidazole rings is 1. The molecule has 138 valence electrons. The number of benzene rings is 1. The number of rotatable bonds is 5. The molecule has 1 amide bonds. The number of hydrogen-bond acceptors (Lipinski definition) is 5. The van der Waals surface area contributed by atoms with Crippen LogP contribution in [-0.4, -0.2) is 32.5 Å². The normalized spacial score (nSPS) is 11.0. The maximum absolute atomic E-state index is 12.1. The molecule has 2 heterocycles. The van der Waals surface area contributed by atoms with Gasteiger partial charge in [-0.25, -0.2) is 15.0 Å². The van der Waals surface area contributed by atoms with Crippen LogP contribution < -0.4 is 10.1 Å². The molecule has 0 aliphatic rings. The smallest absolute Gasteiger partial charge is 0.248 e. The summed E-state index contributed by atoms with van der Waals surface area (Å²) in [5.74, 6) is 1.86. The van der Waals surface area contributed by atoms with E-state index in [4.69, 9.17) is 4.74 Å². The van der Waals surface area contributed by atoms with Gasteiger partial charge in [-0.2, -0.15) is 0 Å². The van der Waals surface area contributed by atoms with E-state index in [1.54, 1.807) is 25.6 Å². The van der Waals surface area contributed by atoms with Crippen LogP contribution in [0.25, 0.3) is 12.0 Å². The number of anilines is 1. The molecule has 0 atom stereocenters. The molecule has 0 saturated heterocycles. The maximum atomic E-state index is 12.1. The highest BCUT2D eigenvalue weighted by molar-refractivity contribution is 6.01. The minimum atomic E-state index is -0.256. The lowest BCUT2D eigenvalue weighted by Gasteiger charge is -2.07. The van der Waals surface area contributed by atoms with E-state index in [1.807, 2.05) is 49.6 Å². The van der Waals surface area contributed by atoms with E-state index < -0.39 is 0 Å². The van der Waals surface area contributed by atoms with Crippen LogP contribution >= 0.6 is 0 Å². The van der Waals surface area contributed by atoms with E-state index in [0.29, 0.717) is 11.6 Å². The Hall–Kier alpha value is -3.48. The number of hydrogen-bond donors (Lipinski definition) is 1. The Morgan fingerprint density at radius 3 is 2.33 bits per heavy atom. The van der Waals surface area contributed by atoms with Crippen LogP contribution in [0.2, 0.25) is 0 Å². The number of carbonyl (C=O) groups excluding carboxylic acids is 1. The number of nitrogens with zero attached hydrogens (tertiary/aromatic N) is 4. The molecule has 1 aromatic carbocycles. The fourth-order valence-electron chi connectivity index (χ4n) is 2.64. The van der Waals surface area contributed by atoms with Crippen molar-refractivity contribution in [3.05, 3.63) is 65.5 Å². The Morgan fingerprint density at radius 2 is 1.78 bits per heavy atom.